The molecule has 3 nitrogen and oxygen atoms in total. The van der Waals surface area contributed by atoms with Crippen LogP contribution in [0.5, 0.6) is 0 Å². The molecule has 2 fully saturated rings. The molecule has 1 amide bonds. The Morgan fingerprint density at radius 1 is 1.42 bits per heavy atom. The van der Waals surface area contributed by atoms with E-state index in [1.807, 2.05) is 11.8 Å². The van der Waals surface area contributed by atoms with E-state index in [9.17, 15) is 4.79 Å². The van der Waals surface area contributed by atoms with Gasteiger partial charge in [-0.3, -0.25) is 10.1 Å². The number of carbonyl (C=O) groups excluding carboxylic acids is 1. The molecule has 0 spiro atoms. The predicted molar refractivity (Wildman–Crippen MR) is 82.2 cm³/mol. The standard InChI is InChI=1S/C15H28N2OS/c1-5-13-16-14(10(2)3)15(18)17(13)11-7-6-8-12(9-11)19-4/h10-14,16H,5-9H2,1-4H3. The van der Waals surface area contributed by atoms with Crippen molar-refractivity contribution in [1.82, 2.24) is 10.2 Å². The van der Waals surface area contributed by atoms with Crippen molar-refractivity contribution >= 4 is 17.7 Å². The van der Waals surface area contributed by atoms with Crippen molar-refractivity contribution in [3.63, 3.8) is 0 Å². The van der Waals surface area contributed by atoms with Crippen molar-refractivity contribution in [3.8, 4) is 0 Å². The molecular weight excluding hydrogens is 256 g/mol. The molecule has 0 bridgehead atoms. The first-order valence-corrected chi connectivity index (χ1v) is 8.98. The zero-order valence-electron chi connectivity index (χ0n) is 12.7. The number of hydrogen-bond acceptors (Lipinski definition) is 3. The molecule has 110 valence electrons. The SMILES string of the molecule is CCC1NC(C(C)C)C(=O)N1C1CCCC(SC)C1. The third kappa shape index (κ3) is 3.10. The van der Waals surface area contributed by atoms with E-state index < -0.39 is 0 Å². The summed E-state index contributed by atoms with van der Waals surface area (Å²) in [6.45, 7) is 6.45. The zero-order chi connectivity index (χ0) is 14.0. The third-order valence-electron chi connectivity index (χ3n) is 4.61. The average Bonchev–Trinajstić information content (AvgIpc) is 2.76. The van der Waals surface area contributed by atoms with Gasteiger partial charge < -0.3 is 4.90 Å². The van der Waals surface area contributed by atoms with Crippen LogP contribution in [0.25, 0.3) is 0 Å². The van der Waals surface area contributed by atoms with E-state index in [1.165, 1.54) is 25.7 Å². The molecule has 1 heterocycles. The number of carbonyl (C=O) groups is 1. The first-order valence-electron chi connectivity index (χ1n) is 7.69. The fourth-order valence-electron chi connectivity index (χ4n) is 3.49. The van der Waals surface area contributed by atoms with E-state index in [2.05, 4.69) is 37.2 Å². The average molecular weight is 284 g/mol. The Labute approximate surface area is 121 Å². The Bertz CT molecular complexity index is 321. The molecule has 0 aromatic carbocycles. The number of amides is 1. The Kier molecular flexibility index (Phi) is 5.18. The lowest BCUT2D eigenvalue weighted by molar-refractivity contribution is -0.133. The number of thioether (sulfide) groups is 1. The van der Waals surface area contributed by atoms with Gasteiger partial charge in [0.25, 0.3) is 0 Å². The number of rotatable bonds is 4. The van der Waals surface area contributed by atoms with Gasteiger partial charge in [-0.15, -0.1) is 0 Å². The highest BCUT2D eigenvalue weighted by Gasteiger charge is 2.43. The van der Waals surface area contributed by atoms with Crippen LogP contribution in [0, 0.1) is 5.92 Å². The maximum absolute atomic E-state index is 12.7. The Balaban J connectivity index is 2.10. The molecular formula is C15H28N2OS. The van der Waals surface area contributed by atoms with Crippen LogP contribution >= 0.6 is 11.8 Å². The van der Waals surface area contributed by atoms with Crippen molar-refractivity contribution in [2.24, 2.45) is 5.92 Å². The lowest BCUT2D eigenvalue weighted by Gasteiger charge is -2.37. The Hall–Kier alpha value is -0.220. The summed E-state index contributed by atoms with van der Waals surface area (Å²) in [4.78, 5) is 14.9. The highest BCUT2D eigenvalue weighted by Crippen LogP contribution is 2.33. The third-order valence-corrected chi connectivity index (χ3v) is 5.70. The topological polar surface area (TPSA) is 32.3 Å². The fraction of sp³-hybridized carbons (Fsp3) is 0.933. The van der Waals surface area contributed by atoms with E-state index in [4.69, 9.17) is 0 Å². The van der Waals surface area contributed by atoms with Crippen LogP contribution < -0.4 is 5.32 Å². The van der Waals surface area contributed by atoms with Crippen LogP contribution in [-0.4, -0.2) is 40.6 Å². The first kappa shape index (κ1) is 15.2. The van der Waals surface area contributed by atoms with Crippen molar-refractivity contribution in [3.05, 3.63) is 0 Å². The summed E-state index contributed by atoms with van der Waals surface area (Å²) >= 11 is 1.97. The van der Waals surface area contributed by atoms with E-state index in [0.717, 1.165) is 11.7 Å². The van der Waals surface area contributed by atoms with E-state index >= 15 is 0 Å². The van der Waals surface area contributed by atoms with Gasteiger partial charge in [-0.05, 0) is 37.9 Å². The minimum Gasteiger partial charge on any atom is -0.323 e. The van der Waals surface area contributed by atoms with Crippen molar-refractivity contribution in [2.75, 3.05) is 6.26 Å². The van der Waals surface area contributed by atoms with Gasteiger partial charge in [-0.25, -0.2) is 0 Å². The molecule has 4 heteroatoms. The summed E-state index contributed by atoms with van der Waals surface area (Å²) in [5.41, 5.74) is 0. The van der Waals surface area contributed by atoms with Gasteiger partial charge >= 0.3 is 0 Å². The Morgan fingerprint density at radius 3 is 2.74 bits per heavy atom. The zero-order valence-corrected chi connectivity index (χ0v) is 13.5. The summed E-state index contributed by atoms with van der Waals surface area (Å²) in [6.07, 6.45) is 8.41. The van der Waals surface area contributed by atoms with Crippen LogP contribution in [-0.2, 0) is 4.79 Å². The molecule has 1 saturated heterocycles. The molecule has 1 saturated carbocycles. The molecule has 19 heavy (non-hydrogen) atoms. The molecule has 1 N–H and O–H groups in total. The van der Waals surface area contributed by atoms with E-state index in [-0.39, 0.29) is 12.2 Å². The van der Waals surface area contributed by atoms with Crippen LogP contribution in [0.2, 0.25) is 0 Å². The molecule has 1 aliphatic carbocycles. The largest absolute Gasteiger partial charge is 0.323 e. The number of hydrogen-bond donors (Lipinski definition) is 1. The number of nitrogens with zero attached hydrogens (tertiary/aromatic N) is 1. The van der Waals surface area contributed by atoms with Crippen molar-refractivity contribution in [2.45, 2.75) is 76.4 Å². The molecule has 4 atom stereocenters. The van der Waals surface area contributed by atoms with Crippen LogP contribution in [0.4, 0.5) is 0 Å². The second kappa shape index (κ2) is 6.49. The summed E-state index contributed by atoms with van der Waals surface area (Å²) < 4.78 is 0. The van der Waals surface area contributed by atoms with Crippen molar-refractivity contribution in [1.29, 1.82) is 0 Å². The van der Waals surface area contributed by atoms with Crippen LogP contribution in [0.1, 0.15) is 52.9 Å². The quantitative estimate of drug-likeness (QED) is 0.861. The van der Waals surface area contributed by atoms with Gasteiger partial charge in [0, 0.05) is 11.3 Å². The van der Waals surface area contributed by atoms with Gasteiger partial charge in [0.05, 0.1) is 12.2 Å². The molecule has 0 radical (unpaired) electrons. The summed E-state index contributed by atoms with van der Waals surface area (Å²) in [5, 5.41) is 4.28. The Morgan fingerprint density at radius 2 is 2.16 bits per heavy atom. The first-order chi connectivity index (χ1) is 9.08. The van der Waals surface area contributed by atoms with Gasteiger partial charge in [0.1, 0.15) is 0 Å². The van der Waals surface area contributed by atoms with Gasteiger partial charge in [-0.2, -0.15) is 11.8 Å². The second-order valence-corrected chi connectivity index (χ2v) is 7.37. The summed E-state index contributed by atoms with van der Waals surface area (Å²) in [5.74, 6) is 0.722. The molecule has 1 aliphatic heterocycles. The molecule has 2 rings (SSSR count). The highest BCUT2D eigenvalue weighted by molar-refractivity contribution is 7.99. The normalized spacial score (nSPS) is 36.3. The highest BCUT2D eigenvalue weighted by atomic mass is 32.2. The summed E-state index contributed by atoms with van der Waals surface area (Å²) in [6, 6.07) is 0.486. The lowest BCUT2D eigenvalue weighted by atomic mass is 9.93. The molecule has 2 aliphatic rings. The second-order valence-electron chi connectivity index (χ2n) is 6.24. The van der Waals surface area contributed by atoms with Gasteiger partial charge in [-0.1, -0.05) is 27.2 Å². The molecule has 0 aromatic heterocycles. The van der Waals surface area contributed by atoms with E-state index in [1.54, 1.807) is 0 Å². The van der Waals surface area contributed by atoms with Gasteiger partial charge in [0.2, 0.25) is 5.91 Å². The monoisotopic (exact) mass is 284 g/mol. The van der Waals surface area contributed by atoms with Crippen LogP contribution in [0.3, 0.4) is 0 Å². The van der Waals surface area contributed by atoms with Crippen LogP contribution in [0.15, 0.2) is 0 Å². The van der Waals surface area contributed by atoms with Gasteiger partial charge in [0.15, 0.2) is 0 Å². The van der Waals surface area contributed by atoms with Crippen molar-refractivity contribution < 1.29 is 4.79 Å². The smallest absolute Gasteiger partial charge is 0.241 e. The lowest BCUT2D eigenvalue weighted by Crippen LogP contribution is -2.46. The fourth-order valence-corrected chi connectivity index (χ4v) is 4.30. The van der Waals surface area contributed by atoms with E-state index in [0.29, 0.717) is 17.9 Å². The minimum absolute atomic E-state index is 0.0274. The maximum Gasteiger partial charge on any atom is 0.241 e. The molecule has 0 aromatic rings. The maximum atomic E-state index is 12.7. The minimum atomic E-state index is 0.0274. The number of nitrogens with one attached hydrogen (secondary N) is 1. The molecule has 4 unspecified atom stereocenters. The summed E-state index contributed by atoms with van der Waals surface area (Å²) in [7, 11) is 0. The predicted octanol–water partition coefficient (Wildman–Crippen LogP) is 2.85.